The van der Waals surface area contributed by atoms with Crippen LogP contribution in [-0.2, 0) is 27.5 Å². The molecule has 1 aliphatic carbocycles. The quantitative estimate of drug-likeness (QED) is 0.268. The molecule has 6 rings (SSSR count). The number of hydrogen-bond acceptors (Lipinski definition) is 9. The number of anilines is 1. The first-order chi connectivity index (χ1) is 22.1. The molecule has 0 amide bonds. The van der Waals surface area contributed by atoms with E-state index in [0.717, 1.165) is 9.96 Å². The summed E-state index contributed by atoms with van der Waals surface area (Å²) in [7, 11) is -2.36. The number of aromatic nitrogens is 4. The molecular formula is C31H33F3N6O6S. The molecule has 2 aliphatic rings. The summed E-state index contributed by atoms with van der Waals surface area (Å²) in [5.41, 5.74) is 1.99. The second-order valence-electron chi connectivity index (χ2n) is 12.1. The summed E-state index contributed by atoms with van der Waals surface area (Å²) in [5.74, 6) is -2.62. The Morgan fingerprint density at radius 2 is 1.89 bits per heavy atom. The van der Waals surface area contributed by atoms with Gasteiger partial charge in [0.2, 0.25) is 21.7 Å². The molecule has 1 aromatic carbocycles. The van der Waals surface area contributed by atoms with Gasteiger partial charge in [-0.2, -0.15) is 22.5 Å². The maximum absolute atomic E-state index is 14.1. The van der Waals surface area contributed by atoms with Crippen molar-refractivity contribution in [2.75, 3.05) is 31.6 Å². The zero-order valence-corrected chi connectivity index (χ0v) is 26.6. The number of pyridine rings is 2. The van der Waals surface area contributed by atoms with Crippen LogP contribution in [0, 0.1) is 13.8 Å². The van der Waals surface area contributed by atoms with Crippen LogP contribution in [0.3, 0.4) is 0 Å². The average molecular weight is 675 g/mol. The van der Waals surface area contributed by atoms with Gasteiger partial charge in [-0.05, 0) is 72.7 Å². The number of ether oxygens (including phenoxy) is 1. The van der Waals surface area contributed by atoms with Gasteiger partial charge in [-0.25, -0.2) is 8.42 Å². The number of sulfonamides is 1. The van der Waals surface area contributed by atoms with E-state index < -0.39 is 39.5 Å². The van der Waals surface area contributed by atoms with Crippen LogP contribution < -0.4 is 9.64 Å². The van der Waals surface area contributed by atoms with E-state index in [-0.39, 0.29) is 42.5 Å². The van der Waals surface area contributed by atoms with Gasteiger partial charge in [-0.15, -0.1) is 10.2 Å². The van der Waals surface area contributed by atoms with Gasteiger partial charge in [0.15, 0.2) is 5.65 Å². The number of carbonyl (C=O) groups is 1. The summed E-state index contributed by atoms with van der Waals surface area (Å²) in [6, 6.07) is 9.73. The Hall–Kier alpha value is -4.28. The predicted molar refractivity (Wildman–Crippen MR) is 163 cm³/mol. The molecule has 47 heavy (non-hydrogen) atoms. The number of carboxylic acid groups (broad SMARTS) is 1. The molecule has 16 heteroatoms. The lowest BCUT2D eigenvalue weighted by molar-refractivity contribution is -0.145. The van der Waals surface area contributed by atoms with Gasteiger partial charge < -0.3 is 19.8 Å². The van der Waals surface area contributed by atoms with Crippen molar-refractivity contribution in [1.82, 2.24) is 23.9 Å². The van der Waals surface area contributed by atoms with Crippen molar-refractivity contribution >= 4 is 27.5 Å². The molecule has 1 aliphatic heterocycles. The molecule has 1 saturated carbocycles. The third-order valence-electron chi connectivity index (χ3n) is 8.84. The third kappa shape index (κ3) is 6.12. The fourth-order valence-electron chi connectivity index (χ4n) is 6.01. The van der Waals surface area contributed by atoms with Gasteiger partial charge in [0, 0.05) is 32.3 Å². The maximum Gasteiger partial charge on any atom is 0.452 e. The van der Waals surface area contributed by atoms with Crippen LogP contribution in [-0.4, -0.2) is 80.8 Å². The normalized spacial score (nSPS) is 17.6. The van der Waals surface area contributed by atoms with Crippen LogP contribution in [0.1, 0.15) is 58.8 Å². The highest BCUT2D eigenvalue weighted by Crippen LogP contribution is 2.46. The van der Waals surface area contributed by atoms with Gasteiger partial charge in [0.05, 0.1) is 19.6 Å². The van der Waals surface area contributed by atoms with E-state index in [1.165, 1.54) is 22.6 Å². The van der Waals surface area contributed by atoms with Crippen LogP contribution in [0.15, 0.2) is 47.5 Å². The molecule has 0 unspecified atom stereocenters. The number of nitrogens with zero attached hydrogens (tertiary/aromatic N) is 6. The summed E-state index contributed by atoms with van der Waals surface area (Å²) in [6.07, 6.45) is -2.65. The van der Waals surface area contributed by atoms with Crippen molar-refractivity contribution in [2.45, 2.75) is 62.2 Å². The highest BCUT2D eigenvalue weighted by atomic mass is 32.2. The maximum atomic E-state index is 14.1. The van der Waals surface area contributed by atoms with E-state index in [2.05, 4.69) is 15.2 Å². The molecule has 1 atom stereocenters. The lowest BCUT2D eigenvalue weighted by Crippen LogP contribution is -2.38. The number of benzene rings is 1. The second kappa shape index (κ2) is 11.8. The molecule has 0 radical (unpaired) electrons. The summed E-state index contributed by atoms with van der Waals surface area (Å²) in [6.45, 7) is 3.64. The Bertz CT molecular complexity index is 1980. The summed E-state index contributed by atoms with van der Waals surface area (Å²) >= 11 is 0. The minimum Gasteiger partial charge on any atom is -0.481 e. The zero-order chi connectivity index (χ0) is 33.9. The van der Waals surface area contributed by atoms with Crippen LogP contribution in [0.25, 0.3) is 5.65 Å². The first-order valence-corrected chi connectivity index (χ1v) is 16.3. The van der Waals surface area contributed by atoms with Crippen molar-refractivity contribution in [2.24, 2.45) is 0 Å². The number of alkyl halides is 3. The molecule has 2 N–H and O–H groups in total. The number of aliphatic carboxylic acids is 1. The van der Waals surface area contributed by atoms with Crippen molar-refractivity contribution in [3.8, 4) is 5.88 Å². The zero-order valence-electron chi connectivity index (χ0n) is 25.8. The minimum atomic E-state index is -4.73. The molecule has 1 fully saturated rings. The van der Waals surface area contributed by atoms with Gasteiger partial charge in [0.1, 0.15) is 16.3 Å². The highest BCUT2D eigenvalue weighted by molar-refractivity contribution is 7.89. The summed E-state index contributed by atoms with van der Waals surface area (Å²) in [4.78, 5) is 18.2. The predicted octanol–water partition coefficient (Wildman–Crippen LogP) is 3.91. The Labute approximate surface area is 268 Å². The van der Waals surface area contributed by atoms with Crippen molar-refractivity contribution < 1.29 is 41.3 Å². The second-order valence-corrected chi connectivity index (χ2v) is 14.0. The lowest BCUT2D eigenvalue weighted by atomic mass is 9.85. The van der Waals surface area contributed by atoms with Gasteiger partial charge in [0.25, 0.3) is 0 Å². The minimum absolute atomic E-state index is 0.00677. The molecule has 1 spiro atoms. The fraction of sp³-hybridized carbons (Fsp3) is 0.419. The van der Waals surface area contributed by atoms with E-state index in [4.69, 9.17) is 4.74 Å². The number of likely N-dealkylation sites (N-methyl/N-ethyl adjacent to an activating group) is 1. The molecule has 4 heterocycles. The first-order valence-electron chi connectivity index (χ1n) is 14.9. The molecule has 250 valence electrons. The molecule has 3 aromatic heterocycles. The Balaban J connectivity index is 1.37. The monoisotopic (exact) mass is 674 g/mol. The van der Waals surface area contributed by atoms with Gasteiger partial charge >= 0.3 is 12.1 Å². The number of aliphatic hydroxyl groups is 1. The van der Waals surface area contributed by atoms with Crippen molar-refractivity contribution in [1.29, 1.82) is 0 Å². The smallest absolute Gasteiger partial charge is 0.452 e. The van der Waals surface area contributed by atoms with Gasteiger partial charge in [-0.1, -0.05) is 18.2 Å². The number of fused-ring (bicyclic) bond motifs is 2. The third-order valence-corrected chi connectivity index (χ3v) is 10.6. The number of carboxylic acids is 1. The van der Waals surface area contributed by atoms with E-state index in [9.17, 15) is 36.6 Å². The number of hydrogen-bond donors (Lipinski definition) is 2. The number of rotatable bonds is 9. The SMILES string of the molecule is Cc1ccc([C@H](CC(=O)O)c2ccn3c(C(F)(F)F)nnc3c2C)cc1CN1CC2(CC2)Oc2nc(N(C)CCO)ccc2S1(=O)=O. The van der Waals surface area contributed by atoms with E-state index in [1.807, 2.05) is 6.92 Å². The highest BCUT2D eigenvalue weighted by Gasteiger charge is 2.52. The molecule has 4 aromatic rings. The summed E-state index contributed by atoms with van der Waals surface area (Å²) < 4.78 is 77.0. The standard InChI is InChI=1S/C31H33F3N6O6S/c1-18-4-5-20(23(15-26(42)43)22-8-11-40-27(19(22)2)36-37-29(40)31(32,33)34)14-21(18)16-39-17-30(9-10-30)46-28-24(47(39,44)45)6-7-25(35-28)38(3)12-13-41/h4-8,11,14,23,41H,9-10,12-13,15-17H2,1-3H3,(H,42,43)/t23-/m0/s1. The van der Waals surface area contributed by atoms with Crippen LogP contribution in [0.4, 0.5) is 19.0 Å². The molecular weight excluding hydrogens is 641 g/mol. The number of halogens is 3. The van der Waals surface area contributed by atoms with Crippen LogP contribution >= 0.6 is 0 Å². The van der Waals surface area contributed by atoms with Crippen LogP contribution in [0.5, 0.6) is 5.88 Å². The fourth-order valence-corrected chi connectivity index (χ4v) is 7.55. The number of aryl methyl sites for hydroxylation is 2. The Morgan fingerprint density at radius 1 is 1.15 bits per heavy atom. The van der Waals surface area contributed by atoms with Crippen molar-refractivity contribution in [3.63, 3.8) is 0 Å². The Morgan fingerprint density at radius 3 is 2.55 bits per heavy atom. The lowest BCUT2D eigenvalue weighted by Gasteiger charge is -2.25. The average Bonchev–Trinajstić information content (AvgIpc) is 3.61. The van der Waals surface area contributed by atoms with Gasteiger partial charge in [-0.3, -0.25) is 9.20 Å². The molecule has 12 nitrogen and oxygen atoms in total. The van der Waals surface area contributed by atoms with Crippen molar-refractivity contribution in [3.05, 3.63) is 76.2 Å². The largest absolute Gasteiger partial charge is 0.481 e. The van der Waals surface area contributed by atoms with E-state index >= 15 is 0 Å². The van der Waals surface area contributed by atoms with Crippen LogP contribution in [0.2, 0.25) is 0 Å². The van der Waals surface area contributed by atoms with E-state index in [1.54, 1.807) is 43.1 Å². The topological polar surface area (TPSA) is 150 Å². The number of aliphatic hydroxyl groups excluding tert-OH is 1. The first kappa shape index (κ1) is 32.7. The summed E-state index contributed by atoms with van der Waals surface area (Å²) in [5, 5.41) is 26.2. The Kier molecular flexibility index (Phi) is 8.17. The van der Waals surface area contributed by atoms with E-state index in [0.29, 0.717) is 47.5 Å². The molecule has 0 bridgehead atoms. The molecule has 0 saturated heterocycles.